The smallest absolute Gasteiger partial charge is 0.335 e. The number of carbonyl (C=O) groups is 1. The van der Waals surface area contributed by atoms with E-state index >= 15 is 0 Å². The quantitative estimate of drug-likeness (QED) is 0.593. The highest BCUT2D eigenvalue weighted by atomic mass is 16.5. The Morgan fingerprint density at radius 3 is 2.35 bits per heavy atom. The molecule has 0 bridgehead atoms. The maximum atomic E-state index is 11.4. The third-order valence-corrected chi connectivity index (χ3v) is 3.46. The first-order chi connectivity index (χ1) is 8.02. The Labute approximate surface area is 106 Å². The summed E-state index contributed by atoms with van der Waals surface area (Å²) in [6, 6.07) is 0. The first kappa shape index (κ1) is 16.4. The molecule has 1 N–H and O–H groups in total. The van der Waals surface area contributed by atoms with Crippen molar-refractivity contribution in [1.29, 1.82) is 0 Å². The van der Waals surface area contributed by atoms with Crippen molar-refractivity contribution in [3.8, 4) is 0 Å². The van der Waals surface area contributed by atoms with Gasteiger partial charge in [0.25, 0.3) is 0 Å². The highest BCUT2D eigenvalue weighted by Gasteiger charge is 2.38. The molecule has 0 saturated heterocycles. The lowest BCUT2D eigenvalue weighted by molar-refractivity contribution is -0.169. The molecule has 0 radical (unpaired) electrons. The lowest BCUT2D eigenvalue weighted by Crippen LogP contribution is -2.42. The van der Waals surface area contributed by atoms with E-state index in [0.717, 1.165) is 25.7 Å². The largest absolute Gasteiger partial charge is 0.479 e. The molecule has 0 aromatic rings. The maximum Gasteiger partial charge on any atom is 0.335 e. The molecule has 2 atom stereocenters. The molecule has 0 fully saturated rings. The molecule has 0 amide bonds. The molecule has 2 unspecified atom stereocenters. The highest BCUT2D eigenvalue weighted by molar-refractivity contribution is 5.77. The number of aliphatic carboxylic acids is 1. The van der Waals surface area contributed by atoms with Crippen LogP contribution >= 0.6 is 0 Å². The molecule has 102 valence electrons. The summed E-state index contributed by atoms with van der Waals surface area (Å²) in [4.78, 5) is 11.4. The van der Waals surface area contributed by atoms with E-state index in [2.05, 4.69) is 20.8 Å². The highest BCUT2D eigenvalue weighted by Crippen LogP contribution is 2.27. The van der Waals surface area contributed by atoms with Crippen LogP contribution in [0.15, 0.2) is 0 Å². The second-order valence-electron chi connectivity index (χ2n) is 4.93. The van der Waals surface area contributed by atoms with Gasteiger partial charge in [-0.05, 0) is 25.2 Å². The molecule has 0 saturated carbocycles. The second-order valence-corrected chi connectivity index (χ2v) is 4.93. The Balaban J connectivity index is 4.43. The summed E-state index contributed by atoms with van der Waals surface area (Å²) in [5.74, 6) is -0.422. The number of rotatable bonds is 10. The van der Waals surface area contributed by atoms with Crippen molar-refractivity contribution < 1.29 is 14.6 Å². The minimum Gasteiger partial charge on any atom is -0.479 e. The minimum absolute atomic E-state index is 0.386. The van der Waals surface area contributed by atoms with E-state index in [4.69, 9.17) is 4.74 Å². The molecule has 3 heteroatoms. The molecule has 0 aromatic heterocycles. The molecular formula is C14H28O3. The van der Waals surface area contributed by atoms with Gasteiger partial charge in [0.1, 0.15) is 0 Å². The molecule has 0 rings (SSSR count). The number of hydrogen-bond acceptors (Lipinski definition) is 2. The van der Waals surface area contributed by atoms with Gasteiger partial charge in [0, 0.05) is 6.61 Å². The first-order valence-corrected chi connectivity index (χ1v) is 6.89. The minimum atomic E-state index is -0.969. The zero-order chi connectivity index (χ0) is 13.3. The lowest BCUT2D eigenvalue weighted by Gasteiger charge is -2.31. The predicted octanol–water partition coefficient (Wildman–Crippen LogP) is 3.86. The van der Waals surface area contributed by atoms with Crippen LogP contribution in [0.3, 0.4) is 0 Å². The van der Waals surface area contributed by atoms with Crippen LogP contribution in [-0.2, 0) is 9.53 Å². The summed E-state index contributed by atoms with van der Waals surface area (Å²) in [6.07, 6.45) is 5.32. The van der Waals surface area contributed by atoms with Gasteiger partial charge in [0.05, 0.1) is 0 Å². The summed E-state index contributed by atoms with van der Waals surface area (Å²) in [6.45, 7) is 8.76. The van der Waals surface area contributed by atoms with E-state index in [0.29, 0.717) is 25.4 Å². The molecular weight excluding hydrogens is 216 g/mol. The van der Waals surface area contributed by atoms with Crippen LogP contribution in [0.5, 0.6) is 0 Å². The average molecular weight is 244 g/mol. The molecule has 0 aliphatic rings. The number of carboxylic acid groups (broad SMARTS) is 1. The van der Waals surface area contributed by atoms with Gasteiger partial charge in [-0.15, -0.1) is 0 Å². The van der Waals surface area contributed by atoms with Gasteiger partial charge < -0.3 is 9.84 Å². The van der Waals surface area contributed by atoms with Crippen molar-refractivity contribution in [2.45, 2.75) is 71.8 Å². The molecule has 0 spiro atoms. The van der Waals surface area contributed by atoms with Gasteiger partial charge in [-0.3, -0.25) is 0 Å². The summed E-state index contributed by atoms with van der Waals surface area (Å²) in [7, 11) is 0. The van der Waals surface area contributed by atoms with Gasteiger partial charge in [0.15, 0.2) is 5.60 Å². The number of ether oxygens (including phenoxy) is 1. The standard InChI is InChI=1S/C14H28O3/c1-5-8-9-10-17-14(7-3,13(15)16)11-12(4)6-2/h12H,5-11H2,1-4H3,(H,15,16). The number of hydrogen-bond donors (Lipinski definition) is 1. The lowest BCUT2D eigenvalue weighted by atomic mass is 9.87. The summed E-state index contributed by atoms with van der Waals surface area (Å²) in [5, 5.41) is 9.40. The van der Waals surface area contributed by atoms with Crippen LogP contribution in [0.1, 0.15) is 66.2 Å². The van der Waals surface area contributed by atoms with Crippen molar-refractivity contribution in [2.75, 3.05) is 6.61 Å². The number of unbranched alkanes of at least 4 members (excludes halogenated alkanes) is 2. The van der Waals surface area contributed by atoms with Gasteiger partial charge >= 0.3 is 5.97 Å². The zero-order valence-corrected chi connectivity index (χ0v) is 11.8. The van der Waals surface area contributed by atoms with E-state index in [1.54, 1.807) is 0 Å². The van der Waals surface area contributed by atoms with E-state index in [9.17, 15) is 9.90 Å². The Bertz CT molecular complexity index is 216. The molecule has 17 heavy (non-hydrogen) atoms. The molecule has 0 aliphatic carbocycles. The van der Waals surface area contributed by atoms with Gasteiger partial charge in [-0.1, -0.05) is 47.0 Å². The van der Waals surface area contributed by atoms with E-state index in [-0.39, 0.29) is 0 Å². The van der Waals surface area contributed by atoms with Crippen LogP contribution in [0.2, 0.25) is 0 Å². The Morgan fingerprint density at radius 2 is 1.94 bits per heavy atom. The van der Waals surface area contributed by atoms with Crippen LogP contribution in [0.4, 0.5) is 0 Å². The Morgan fingerprint density at radius 1 is 1.29 bits per heavy atom. The monoisotopic (exact) mass is 244 g/mol. The third kappa shape index (κ3) is 5.53. The number of carboxylic acids is 1. The fourth-order valence-electron chi connectivity index (χ4n) is 1.93. The van der Waals surface area contributed by atoms with Crippen molar-refractivity contribution in [3.05, 3.63) is 0 Å². The summed E-state index contributed by atoms with van der Waals surface area (Å²) in [5.41, 5.74) is -0.969. The zero-order valence-electron chi connectivity index (χ0n) is 11.8. The Hall–Kier alpha value is -0.570. The van der Waals surface area contributed by atoms with Crippen LogP contribution in [0.25, 0.3) is 0 Å². The van der Waals surface area contributed by atoms with Gasteiger partial charge in [-0.25, -0.2) is 4.79 Å². The molecule has 0 aromatic carbocycles. The average Bonchev–Trinajstić information content (AvgIpc) is 2.32. The van der Waals surface area contributed by atoms with Crippen molar-refractivity contribution in [3.63, 3.8) is 0 Å². The summed E-state index contributed by atoms with van der Waals surface area (Å²) >= 11 is 0. The molecule has 0 heterocycles. The second kappa shape index (κ2) is 8.51. The van der Waals surface area contributed by atoms with Crippen LogP contribution in [0, 0.1) is 5.92 Å². The predicted molar refractivity (Wildman–Crippen MR) is 70.2 cm³/mol. The van der Waals surface area contributed by atoms with E-state index in [1.165, 1.54) is 0 Å². The Kier molecular flexibility index (Phi) is 8.23. The van der Waals surface area contributed by atoms with E-state index in [1.807, 2.05) is 6.92 Å². The SMILES string of the molecule is CCCCCOC(CC)(CC(C)CC)C(=O)O. The summed E-state index contributed by atoms with van der Waals surface area (Å²) < 4.78 is 5.72. The van der Waals surface area contributed by atoms with Crippen LogP contribution < -0.4 is 0 Å². The van der Waals surface area contributed by atoms with Crippen molar-refractivity contribution in [1.82, 2.24) is 0 Å². The van der Waals surface area contributed by atoms with Gasteiger partial charge in [-0.2, -0.15) is 0 Å². The van der Waals surface area contributed by atoms with Crippen molar-refractivity contribution >= 4 is 5.97 Å². The van der Waals surface area contributed by atoms with Crippen LogP contribution in [-0.4, -0.2) is 23.3 Å². The normalized spacial score (nSPS) is 16.5. The fraction of sp³-hybridized carbons (Fsp3) is 0.929. The maximum absolute atomic E-state index is 11.4. The van der Waals surface area contributed by atoms with E-state index < -0.39 is 11.6 Å². The first-order valence-electron chi connectivity index (χ1n) is 6.89. The van der Waals surface area contributed by atoms with Gasteiger partial charge in [0.2, 0.25) is 0 Å². The topological polar surface area (TPSA) is 46.5 Å². The van der Waals surface area contributed by atoms with Crippen molar-refractivity contribution in [2.24, 2.45) is 5.92 Å². The fourth-order valence-corrected chi connectivity index (χ4v) is 1.93. The molecule has 3 nitrogen and oxygen atoms in total. The third-order valence-electron chi connectivity index (χ3n) is 3.46. The molecule has 0 aliphatic heterocycles.